The van der Waals surface area contributed by atoms with Crippen molar-refractivity contribution in [3.05, 3.63) is 40.9 Å². The smallest absolute Gasteiger partial charge is 0.259 e. The molecule has 0 aromatic heterocycles. The molecule has 4 nitrogen and oxygen atoms in total. The standard InChI is InChI=1S/C9H8ClNO2S.H2O/c10-14(12,13)8-5-7-3-1-2-4-9(7)11-6-8;/h1-4,6,11H,5H2;1H2. The average Bonchev–Trinajstić information content (AvgIpc) is 2.16. The highest BCUT2D eigenvalue weighted by Gasteiger charge is 2.19. The van der Waals surface area contributed by atoms with Gasteiger partial charge >= 0.3 is 0 Å². The summed E-state index contributed by atoms with van der Waals surface area (Å²) in [7, 11) is 1.64. The minimum absolute atomic E-state index is 0. The van der Waals surface area contributed by atoms with E-state index in [4.69, 9.17) is 10.7 Å². The third-order valence-corrected chi connectivity index (χ3v) is 3.57. The summed E-state index contributed by atoms with van der Waals surface area (Å²) in [4.78, 5) is 0.206. The van der Waals surface area contributed by atoms with E-state index in [2.05, 4.69) is 5.32 Å². The van der Waals surface area contributed by atoms with E-state index < -0.39 is 9.05 Å². The van der Waals surface area contributed by atoms with Crippen LogP contribution >= 0.6 is 10.7 Å². The Bertz CT molecular complexity index is 496. The van der Waals surface area contributed by atoms with Gasteiger partial charge in [-0.05, 0) is 11.6 Å². The number of benzene rings is 1. The lowest BCUT2D eigenvalue weighted by Crippen LogP contribution is -2.09. The highest BCUT2D eigenvalue weighted by Crippen LogP contribution is 2.27. The van der Waals surface area contributed by atoms with Crippen molar-refractivity contribution >= 4 is 25.4 Å². The zero-order chi connectivity index (χ0) is 10.2. The summed E-state index contributed by atoms with van der Waals surface area (Å²) in [6, 6.07) is 7.52. The number of nitrogens with one attached hydrogen (secondary N) is 1. The van der Waals surface area contributed by atoms with E-state index in [0.29, 0.717) is 6.42 Å². The van der Waals surface area contributed by atoms with Crippen LogP contribution in [0.4, 0.5) is 5.69 Å². The van der Waals surface area contributed by atoms with Crippen LogP contribution in [-0.2, 0) is 15.5 Å². The van der Waals surface area contributed by atoms with E-state index in [1.165, 1.54) is 6.20 Å². The molecule has 3 N–H and O–H groups in total. The summed E-state index contributed by atoms with van der Waals surface area (Å²) >= 11 is 0. The molecule has 0 aliphatic carbocycles. The molecule has 0 unspecified atom stereocenters. The van der Waals surface area contributed by atoms with Gasteiger partial charge in [-0.1, -0.05) is 18.2 Å². The Morgan fingerprint density at radius 2 is 1.93 bits per heavy atom. The van der Waals surface area contributed by atoms with Crippen LogP contribution in [0.25, 0.3) is 0 Å². The molecule has 1 heterocycles. The fourth-order valence-electron chi connectivity index (χ4n) is 1.37. The molecule has 0 fully saturated rings. The third-order valence-electron chi connectivity index (χ3n) is 2.08. The SMILES string of the molecule is O.O=S(=O)(Cl)C1=CNc2ccccc2C1. The van der Waals surface area contributed by atoms with E-state index in [1.807, 2.05) is 24.3 Å². The summed E-state index contributed by atoms with van der Waals surface area (Å²) in [5.41, 5.74) is 1.87. The van der Waals surface area contributed by atoms with E-state index in [9.17, 15) is 8.42 Å². The number of allylic oxidation sites excluding steroid dienone is 1. The second-order valence-corrected chi connectivity index (χ2v) is 5.65. The Hall–Kier alpha value is -1.04. The Morgan fingerprint density at radius 3 is 2.60 bits per heavy atom. The Labute approximate surface area is 92.3 Å². The molecule has 1 aromatic carbocycles. The normalized spacial score (nSPS) is 14.3. The minimum Gasteiger partial charge on any atom is -0.412 e. The molecule has 1 aromatic rings. The second kappa shape index (κ2) is 4.22. The first-order chi connectivity index (χ1) is 6.57. The van der Waals surface area contributed by atoms with Gasteiger partial charge in [0.15, 0.2) is 0 Å². The van der Waals surface area contributed by atoms with Gasteiger partial charge in [0.25, 0.3) is 9.05 Å². The van der Waals surface area contributed by atoms with Crippen LogP contribution in [0.3, 0.4) is 0 Å². The van der Waals surface area contributed by atoms with E-state index in [-0.39, 0.29) is 10.4 Å². The van der Waals surface area contributed by atoms with Gasteiger partial charge in [0.05, 0.1) is 4.91 Å². The third kappa shape index (κ3) is 2.50. The number of anilines is 1. The van der Waals surface area contributed by atoms with Crippen molar-refractivity contribution in [1.82, 2.24) is 0 Å². The Kier molecular flexibility index (Phi) is 3.38. The van der Waals surface area contributed by atoms with Gasteiger partial charge in [0, 0.05) is 29.0 Å². The molecule has 0 spiro atoms. The molecular weight excluding hydrogens is 238 g/mol. The zero-order valence-corrected chi connectivity index (χ0v) is 9.27. The lowest BCUT2D eigenvalue weighted by Gasteiger charge is -2.15. The minimum atomic E-state index is -3.60. The van der Waals surface area contributed by atoms with Gasteiger partial charge in [-0.3, -0.25) is 0 Å². The number of hydrogen-bond donors (Lipinski definition) is 1. The Morgan fingerprint density at radius 1 is 1.27 bits per heavy atom. The van der Waals surface area contributed by atoms with Crippen molar-refractivity contribution in [1.29, 1.82) is 0 Å². The van der Waals surface area contributed by atoms with Crippen molar-refractivity contribution in [2.75, 3.05) is 5.32 Å². The van der Waals surface area contributed by atoms with Crippen LogP contribution < -0.4 is 5.32 Å². The molecule has 1 aliphatic rings. The highest BCUT2D eigenvalue weighted by molar-refractivity contribution is 8.16. The van der Waals surface area contributed by atoms with Crippen LogP contribution in [0.15, 0.2) is 35.4 Å². The molecule has 0 amide bonds. The lowest BCUT2D eigenvalue weighted by atomic mass is 10.1. The maximum absolute atomic E-state index is 11.1. The van der Waals surface area contributed by atoms with E-state index >= 15 is 0 Å². The summed E-state index contributed by atoms with van der Waals surface area (Å²) in [6.07, 6.45) is 1.79. The highest BCUT2D eigenvalue weighted by atomic mass is 35.7. The van der Waals surface area contributed by atoms with Crippen LogP contribution in [0.1, 0.15) is 5.56 Å². The number of rotatable bonds is 1. The molecule has 0 saturated heterocycles. The van der Waals surface area contributed by atoms with Gasteiger partial charge < -0.3 is 10.8 Å². The number of halogens is 1. The van der Waals surface area contributed by atoms with Crippen molar-refractivity contribution in [2.24, 2.45) is 0 Å². The summed E-state index contributed by atoms with van der Waals surface area (Å²) in [5.74, 6) is 0. The molecule has 0 saturated carbocycles. The molecule has 1 aliphatic heterocycles. The maximum atomic E-state index is 11.1. The number of fused-ring (bicyclic) bond motifs is 1. The summed E-state index contributed by atoms with van der Waals surface area (Å²) < 4.78 is 22.1. The van der Waals surface area contributed by atoms with Crippen molar-refractivity contribution in [2.45, 2.75) is 6.42 Å². The maximum Gasteiger partial charge on any atom is 0.259 e. The second-order valence-electron chi connectivity index (χ2n) is 3.03. The van der Waals surface area contributed by atoms with E-state index in [1.54, 1.807) is 0 Å². The van der Waals surface area contributed by atoms with Crippen molar-refractivity contribution in [3.63, 3.8) is 0 Å². The van der Waals surface area contributed by atoms with Crippen LogP contribution in [0, 0.1) is 0 Å². The van der Waals surface area contributed by atoms with Gasteiger partial charge in [0.1, 0.15) is 0 Å². The zero-order valence-electron chi connectivity index (χ0n) is 7.70. The molecule has 0 atom stereocenters. The lowest BCUT2D eigenvalue weighted by molar-refractivity contribution is 0.613. The molecular formula is C9H10ClNO3S. The summed E-state index contributed by atoms with van der Waals surface area (Å²) in [5, 5.41) is 2.89. The molecule has 0 bridgehead atoms. The molecule has 6 heteroatoms. The number of hydrogen-bond acceptors (Lipinski definition) is 3. The Balaban J connectivity index is 0.00000112. The predicted molar refractivity (Wildman–Crippen MR) is 60.2 cm³/mol. The monoisotopic (exact) mass is 247 g/mol. The van der Waals surface area contributed by atoms with Crippen LogP contribution in [0.5, 0.6) is 0 Å². The van der Waals surface area contributed by atoms with Gasteiger partial charge in [-0.2, -0.15) is 0 Å². The fourth-order valence-corrected chi connectivity index (χ4v) is 2.19. The largest absolute Gasteiger partial charge is 0.412 e. The van der Waals surface area contributed by atoms with Gasteiger partial charge in [0.2, 0.25) is 0 Å². The van der Waals surface area contributed by atoms with E-state index in [0.717, 1.165) is 11.3 Å². The topological polar surface area (TPSA) is 77.7 Å². The molecule has 15 heavy (non-hydrogen) atoms. The van der Waals surface area contributed by atoms with Crippen molar-refractivity contribution in [3.8, 4) is 0 Å². The molecule has 0 radical (unpaired) electrons. The molecule has 2 rings (SSSR count). The quantitative estimate of drug-likeness (QED) is 0.759. The summed E-state index contributed by atoms with van der Waals surface area (Å²) in [6.45, 7) is 0. The predicted octanol–water partition coefficient (Wildman–Crippen LogP) is 1.24. The average molecular weight is 248 g/mol. The molecule has 82 valence electrons. The van der Waals surface area contributed by atoms with Crippen LogP contribution in [-0.4, -0.2) is 13.9 Å². The fraction of sp³-hybridized carbons (Fsp3) is 0.111. The first-order valence-corrected chi connectivity index (χ1v) is 6.36. The van der Waals surface area contributed by atoms with Crippen LogP contribution in [0.2, 0.25) is 0 Å². The van der Waals surface area contributed by atoms with Gasteiger partial charge in [-0.15, -0.1) is 0 Å². The van der Waals surface area contributed by atoms with Crippen molar-refractivity contribution < 1.29 is 13.9 Å². The number of para-hydroxylation sites is 1. The first kappa shape index (κ1) is 12.0. The first-order valence-electron chi connectivity index (χ1n) is 4.05. The van der Waals surface area contributed by atoms with Gasteiger partial charge in [-0.25, -0.2) is 8.42 Å².